The molecule has 0 N–H and O–H groups in total. The van der Waals surface area contributed by atoms with Gasteiger partial charge in [-0.3, -0.25) is 24.0 Å². The van der Waals surface area contributed by atoms with Crippen molar-refractivity contribution >= 4 is 117 Å². The Kier molecular flexibility index (Phi) is 30.6. The van der Waals surface area contributed by atoms with Gasteiger partial charge in [0.25, 0.3) is 0 Å². The molecule has 0 aromatic heterocycles. The highest BCUT2D eigenvalue weighted by molar-refractivity contribution is 9.11. The second-order valence-corrected chi connectivity index (χ2v) is 28.5. The third-order valence-electron chi connectivity index (χ3n) is 17.0. The van der Waals surface area contributed by atoms with Crippen LogP contribution in [0.2, 0.25) is 10.0 Å². The number of fused-ring (bicyclic) bond motifs is 3. The van der Waals surface area contributed by atoms with Gasteiger partial charge in [0.15, 0.2) is 0 Å². The van der Waals surface area contributed by atoms with Gasteiger partial charge in [0.1, 0.15) is 33.0 Å². The Bertz CT molecular complexity index is 3380. The molecule has 14 heteroatoms. The number of aryl methyl sites for hydroxylation is 1. The Labute approximate surface area is 574 Å². The molecule has 0 spiro atoms. The van der Waals surface area contributed by atoms with Gasteiger partial charge in [0.2, 0.25) is 0 Å². The van der Waals surface area contributed by atoms with Gasteiger partial charge in [-0.05, 0) is 205 Å². The fraction of sp³-hybridized carbons (Fsp3) is 0.397. The number of benzene rings is 8. The summed E-state index contributed by atoms with van der Waals surface area (Å²) in [5.41, 5.74) is 4.17. The Hall–Kier alpha value is -6.57. The monoisotopic (exact) mass is 1420 g/mol. The molecule has 8 rings (SSSR count). The van der Waals surface area contributed by atoms with E-state index in [9.17, 15) is 24.0 Å². The molecule has 0 aliphatic rings. The van der Waals surface area contributed by atoms with Gasteiger partial charge in [-0.15, -0.1) is 0 Å². The normalized spacial score (nSPS) is 11.5. The fourth-order valence-corrected chi connectivity index (χ4v) is 9.30. The minimum Gasteiger partial charge on any atom is -0.460 e. The maximum Gasteiger partial charge on any atom is 0.311 e. The molecular formula is C78H94Br2Cl2O10. The van der Waals surface area contributed by atoms with Crippen LogP contribution >= 0.6 is 55.1 Å². The van der Waals surface area contributed by atoms with Gasteiger partial charge in [0.05, 0.1) is 27.1 Å². The molecule has 0 saturated carbocycles. The number of hydrogen-bond acceptors (Lipinski definition) is 10. The maximum absolute atomic E-state index is 12.0. The van der Waals surface area contributed by atoms with E-state index < -0.39 is 27.1 Å². The highest BCUT2D eigenvalue weighted by Gasteiger charge is 2.31. The van der Waals surface area contributed by atoms with Gasteiger partial charge in [-0.1, -0.05) is 211 Å². The molecule has 8 aromatic rings. The Morgan fingerprint density at radius 1 is 0.337 bits per heavy atom. The summed E-state index contributed by atoms with van der Waals surface area (Å²) in [5.74, 6) is -0.751. The summed E-state index contributed by atoms with van der Waals surface area (Å²) in [4.78, 5) is 59.5. The van der Waals surface area contributed by atoms with Crippen molar-refractivity contribution in [2.24, 2.45) is 27.1 Å². The predicted octanol–water partition coefficient (Wildman–Crippen LogP) is 22.4. The fourth-order valence-electron chi connectivity index (χ4n) is 8.17. The van der Waals surface area contributed by atoms with Crippen LogP contribution in [-0.4, -0.2) is 29.8 Å². The number of carbonyl (C=O) groups is 5. The van der Waals surface area contributed by atoms with E-state index in [4.69, 9.17) is 46.9 Å². The molecule has 0 unspecified atom stereocenters. The lowest BCUT2D eigenvalue weighted by molar-refractivity contribution is -0.156. The van der Waals surface area contributed by atoms with E-state index in [1.807, 2.05) is 225 Å². The van der Waals surface area contributed by atoms with E-state index in [0.717, 1.165) is 95.8 Å². The largest absolute Gasteiger partial charge is 0.460 e. The molecule has 0 bridgehead atoms. The van der Waals surface area contributed by atoms with Crippen molar-refractivity contribution in [3.63, 3.8) is 0 Å². The summed E-state index contributed by atoms with van der Waals surface area (Å²) in [6, 6.07) is 51.1. The van der Waals surface area contributed by atoms with Crippen LogP contribution in [0.5, 0.6) is 0 Å². The lowest BCUT2D eigenvalue weighted by Gasteiger charge is -2.20. The maximum atomic E-state index is 12.0. The van der Waals surface area contributed by atoms with Crippen LogP contribution in [0.3, 0.4) is 0 Å². The average molecular weight is 1420 g/mol. The standard InChI is InChI=1S/C18H22O2.C17H19BrO2.C17H19ClO2.C13H17BrO2.C13H17ClO2/c1-5-18(3,4)17(19)20-12-14-9-7-10-15-13(2)8-6-11-16(14)15;2*1-4-17(2,3)16(19)20-11-12-7-5-9-14-13(12)8-6-10-15(14)18;2*1-4-13(2,3)12(15)16-9-10-5-7-11(14)8-6-10/h6-11H,5,12H2,1-4H3;2*5-10H,4,11H2,1-3H3;2*5-8H,4,9H2,1-3H3. The van der Waals surface area contributed by atoms with E-state index >= 15 is 0 Å². The Balaban J connectivity index is 0.000000246. The number of hydrogen-bond donors (Lipinski definition) is 0. The van der Waals surface area contributed by atoms with Crippen LogP contribution in [0.25, 0.3) is 32.3 Å². The molecule has 0 atom stereocenters. The van der Waals surface area contributed by atoms with Crippen LogP contribution in [-0.2, 0) is 80.7 Å². The number of rotatable bonds is 20. The first kappa shape index (κ1) is 77.9. The minimum atomic E-state index is -0.442. The second kappa shape index (κ2) is 36.2. The highest BCUT2D eigenvalue weighted by Crippen LogP contribution is 2.32. The minimum absolute atomic E-state index is 0.135. The van der Waals surface area contributed by atoms with Crippen LogP contribution in [0.4, 0.5) is 0 Å². The first-order valence-corrected chi connectivity index (χ1v) is 33.8. The zero-order valence-corrected chi connectivity index (χ0v) is 61.4. The molecule has 92 heavy (non-hydrogen) atoms. The highest BCUT2D eigenvalue weighted by atomic mass is 79.9. The van der Waals surface area contributed by atoms with E-state index in [1.54, 1.807) is 12.1 Å². The summed E-state index contributed by atoms with van der Waals surface area (Å²) in [5, 5.41) is 8.04. The van der Waals surface area contributed by atoms with E-state index in [1.165, 1.54) is 10.9 Å². The van der Waals surface area contributed by atoms with Crippen LogP contribution < -0.4 is 0 Å². The smallest absolute Gasteiger partial charge is 0.311 e. The van der Waals surface area contributed by atoms with Gasteiger partial charge >= 0.3 is 29.8 Å². The summed E-state index contributed by atoms with van der Waals surface area (Å²) < 4.78 is 29.0. The molecule has 0 amide bonds. The molecule has 0 radical (unpaired) electrons. The van der Waals surface area contributed by atoms with Gasteiger partial charge in [0, 0.05) is 24.4 Å². The molecule has 10 nitrogen and oxygen atoms in total. The first-order chi connectivity index (χ1) is 43.3. The van der Waals surface area contributed by atoms with Crippen molar-refractivity contribution < 1.29 is 47.7 Å². The molecule has 0 aliphatic carbocycles. The van der Waals surface area contributed by atoms with E-state index in [2.05, 4.69) is 63.0 Å². The lowest BCUT2D eigenvalue weighted by Crippen LogP contribution is -2.25. The van der Waals surface area contributed by atoms with Crippen molar-refractivity contribution in [3.8, 4) is 0 Å². The van der Waals surface area contributed by atoms with Crippen LogP contribution in [0.1, 0.15) is 169 Å². The third-order valence-corrected chi connectivity index (χ3v) is 18.8. The van der Waals surface area contributed by atoms with Gasteiger partial charge in [-0.25, -0.2) is 0 Å². The van der Waals surface area contributed by atoms with Crippen molar-refractivity contribution in [2.75, 3.05) is 0 Å². The van der Waals surface area contributed by atoms with Crippen LogP contribution in [0.15, 0.2) is 167 Å². The molecule has 8 aromatic carbocycles. The van der Waals surface area contributed by atoms with Crippen molar-refractivity contribution in [3.05, 3.63) is 210 Å². The topological polar surface area (TPSA) is 132 Å². The average Bonchev–Trinajstić information content (AvgIpc) is 0.852. The van der Waals surface area contributed by atoms with Crippen LogP contribution in [0, 0.1) is 34.0 Å². The Morgan fingerprint density at radius 3 is 1.00 bits per heavy atom. The zero-order chi connectivity index (χ0) is 68.6. The summed E-state index contributed by atoms with van der Waals surface area (Å²) >= 11 is 18.8. The number of ether oxygens (including phenoxy) is 5. The number of halogens is 4. The van der Waals surface area contributed by atoms with Crippen molar-refractivity contribution in [1.82, 2.24) is 0 Å². The summed E-state index contributed by atoms with van der Waals surface area (Å²) in [6.07, 6.45) is 3.86. The van der Waals surface area contributed by atoms with Gasteiger partial charge < -0.3 is 23.7 Å². The summed E-state index contributed by atoms with van der Waals surface area (Å²) in [6.45, 7) is 32.6. The SMILES string of the molecule is CCC(C)(C)C(=O)OCc1ccc(Br)cc1.CCC(C)(C)C(=O)OCc1ccc(Cl)cc1.CCC(C)(C)C(=O)OCc1cccc2c(Br)cccc12.CCC(C)(C)C(=O)OCc1cccc2c(C)cccc12.CCC(C)(C)C(=O)OCc1cccc2c(Cl)cccc12. The second-order valence-electron chi connectivity index (χ2n) is 25.9. The molecule has 0 fully saturated rings. The molecular weight excluding hydrogens is 1330 g/mol. The van der Waals surface area contributed by atoms with Gasteiger partial charge in [-0.2, -0.15) is 0 Å². The first-order valence-electron chi connectivity index (χ1n) is 31.4. The van der Waals surface area contributed by atoms with E-state index in [0.29, 0.717) is 36.5 Å². The zero-order valence-electron chi connectivity index (χ0n) is 56.7. The molecule has 0 heterocycles. The van der Waals surface area contributed by atoms with Crippen molar-refractivity contribution in [2.45, 2.75) is 176 Å². The molecule has 0 aliphatic heterocycles. The van der Waals surface area contributed by atoms with E-state index in [-0.39, 0.29) is 36.5 Å². The Morgan fingerprint density at radius 2 is 0.620 bits per heavy atom. The predicted molar refractivity (Wildman–Crippen MR) is 384 cm³/mol. The number of esters is 5. The molecule has 494 valence electrons. The quantitative estimate of drug-likeness (QED) is 0.0537. The number of carbonyl (C=O) groups excluding carboxylic acids is 5. The lowest BCUT2D eigenvalue weighted by atomic mass is 9.91. The summed E-state index contributed by atoms with van der Waals surface area (Å²) in [7, 11) is 0. The third kappa shape index (κ3) is 23.5. The van der Waals surface area contributed by atoms with Crippen molar-refractivity contribution in [1.29, 1.82) is 0 Å². The molecule has 0 saturated heterocycles.